The molecule has 3 rings (SSSR count). The van der Waals surface area contributed by atoms with Crippen LogP contribution in [0.25, 0.3) is 0 Å². The highest BCUT2D eigenvalue weighted by Gasteiger charge is 2.27. The van der Waals surface area contributed by atoms with Gasteiger partial charge in [0.25, 0.3) is 5.91 Å². The van der Waals surface area contributed by atoms with Crippen molar-refractivity contribution in [3.8, 4) is 0 Å². The third-order valence-electron chi connectivity index (χ3n) is 3.06. The van der Waals surface area contributed by atoms with Crippen LogP contribution in [-0.4, -0.2) is 23.8 Å². The van der Waals surface area contributed by atoms with Gasteiger partial charge in [0.05, 0.1) is 11.6 Å². The molecule has 0 aromatic rings. The molecule has 1 N–H and O–H groups in total. The number of esters is 1. The van der Waals surface area contributed by atoms with Crippen LogP contribution in [0.4, 0.5) is 0 Å². The van der Waals surface area contributed by atoms with Crippen LogP contribution >= 0.6 is 11.8 Å². The van der Waals surface area contributed by atoms with E-state index in [0.717, 1.165) is 11.8 Å². The fraction of sp³-hybridized carbons (Fsp3) is 0.0667. The summed E-state index contributed by atoms with van der Waals surface area (Å²) in [7, 11) is 0. The van der Waals surface area contributed by atoms with Gasteiger partial charge in [-0.2, -0.15) is 0 Å². The largest absolute Gasteiger partial charge is 0.415 e. The predicted molar refractivity (Wildman–Crippen MR) is 81.2 cm³/mol. The quantitative estimate of drug-likeness (QED) is 0.493. The van der Waals surface area contributed by atoms with Gasteiger partial charge >= 0.3 is 17.9 Å². The second kappa shape index (κ2) is 7.20. The molecule has 2 heterocycles. The minimum Gasteiger partial charge on any atom is -0.415 e. The summed E-state index contributed by atoms with van der Waals surface area (Å²) in [5.41, 5.74) is 0.545. The second-order valence-electron chi connectivity index (χ2n) is 4.72. The van der Waals surface area contributed by atoms with Gasteiger partial charge in [0.15, 0.2) is 0 Å². The van der Waals surface area contributed by atoms with E-state index in [0.29, 0.717) is 18.1 Å². The van der Waals surface area contributed by atoms with Crippen LogP contribution in [0.5, 0.6) is 0 Å². The lowest BCUT2D eigenvalue weighted by Crippen LogP contribution is -2.30. The summed E-state index contributed by atoms with van der Waals surface area (Å²) in [5.74, 6) is -4.90. The molecule has 0 radical (unpaired) electrons. The van der Waals surface area contributed by atoms with E-state index in [2.05, 4.69) is 20.1 Å². The Morgan fingerprint density at radius 2 is 1.80 bits per heavy atom. The van der Waals surface area contributed by atoms with Gasteiger partial charge in [0.1, 0.15) is 5.70 Å². The zero-order chi connectivity index (χ0) is 17.8. The van der Waals surface area contributed by atoms with E-state index in [-0.39, 0.29) is 11.3 Å². The van der Waals surface area contributed by atoms with Crippen LogP contribution in [0.15, 0.2) is 57.7 Å². The zero-order valence-electron chi connectivity index (χ0n) is 12.3. The molecule has 3 aliphatic rings. The standard InChI is InChI=1S/C15H9NO8S/c17-12-5-11-15(20)23-24-22-14(19)10(16-12)7-25-6-8-3-1-2-4-9(8)13(18)21-11/h1-2,4-7H,3H2,(H,16,17). The molecule has 2 aliphatic heterocycles. The molecule has 1 amide bonds. The summed E-state index contributed by atoms with van der Waals surface area (Å²) in [6.45, 7) is 0. The molecular weight excluding hydrogens is 354 g/mol. The van der Waals surface area contributed by atoms with Gasteiger partial charge < -0.3 is 10.1 Å². The Hall–Kier alpha value is -3.11. The van der Waals surface area contributed by atoms with Crippen LogP contribution in [0.2, 0.25) is 0 Å². The van der Waals surface area contributed by atoms with Gasteiger partial charge in [-0.3, -0.25) is 14.6 Å². The highest BCUT2D eigenvalue weighted by molar-refractivity contribution is 8.05. The number of fused-ring (bicyclic) bond motifs is 4. The third-order valence-corrected chi connectivity index (χ3v) is 3.85. The van der Waals surface area contributed by atoms with Gasteiger partial charge in [0, 0.05) is 10.4 Å². The number of hydrogen-bond acceptors (Lipinski definition) is 9. The maximum Gasteiger partial charge on any atom is 0.412 e. The van der Waals surface area contributed by atoms with Crippen molar-refractivity contribution in [1.82, 2.24) is 5.32 Å². The van der Waals surface area contributed by atoms with E-state index in [1.165, 1.54) is 11.5 Å². The SMILES string of the molecule is O=C1C=C2OC(=O)C3=CC=CCC3=CSC=C(N1)C(=O)OOOC2=O. The molecule has 0 spiro atoms. The van der Waals surface area contributed by atoms with E-state index in [1.807, 2.05) is 6.08 Å². The number of ether oxygens (including phenoxy) is 1. The van der Waals surface area contributed by atoms with Crippen LogP contribution in [0.3, 0.4) is 0 Å². The molecule has 0 aromatic heterocycles. The topological polar surface area (TPSA) is 117 Å². The fourth-order valence-corrected chi connectivity index (χ4v) is 2.68. The molecule has 128 valence electrons. The number of allylic oxidation sites excluding steroid dienone is 3. The van der Waals surface area contributed by atoms with Crippen molar-refractivity contribution < 1.29 is 38.7 Å². The Morgan fingerprint density at radius 3 is 2.64 bits per heavy atom. The number of thioether (sulfide) groups is 1. The van der Waals surface area contributed by atoms with E-state index in [1.54, 1.807) is 11.5 Å². The number of rotatable bonds is 0. The first-order valence-electron chi connectivity index (χ1n) is 6.81. The third kappa shape index (κ3) is 3.87. The van der Waals surface area contributed by atoms with Gasteiger partial charge in [-0.25, -0.2) is 14.4 Å². The molecule has 0 aromatic carbocycles. The first-order chi connectivity index (χ1) is 12.0. The van der Waals surface area contributed by atoms with Crippen molar-refractivity contribution in [3.05, 3.63) is 57.7 Å². The van der Waals surface area contributed by atoms with Gasteiger partial charge in [-0.05, 0) is 23.5 Å². The molecule has 0 saturated heterocycles. The maximum absolute atomic E-state index is 12.3. The Labute approximate surface area is 144 Å². The Balaban J connectivity index is 2.09. The Bertz CT molecular complexity index is 817. The van der Waals surface area contributed by atoms with Gasteiger partial charge in [0.2, 0.25) is 5.76 Å². The van der Waals surface area contributed by atoms with Crippen molar-refractivity contribution in [3.63, 3.8) is 0 Å². The average molecular weight is 363 g/mol. The van der Waals surface area contributed by atoms with E-state index in [4.69, 9.17) is 4.74 Å². The average Bonchev–Trinajstić information content (AvgIpc) is 2.58. The van der Waals surface area contributed by atoms with Crippen LogP contribution < -0.4 is 5.32 Å². The van der Waals surface area contributed by atoms with Crippen molar-refractivity contribution in [1.29, 1.82) is 0 Å². The molecule has 0 unspecified atom stereocenters. The lowest BCUT2D eigenvalue weighted by molar-refractivity contribution is -0.457. The zero-order valence-corrected chi connectivity index (χ0v) is 13.2. The maximum atomic E-state index is 12.3. The summed E-state index contributed by atoms with van der Waals surface area (Å²) in [6.07, 6.45) is 6.10. The monoisotopic (exact) mass is 363 g/mol. The van der Waals surface area contributed by atoms with Crippen molar-refractivity contribution in [2.75, 3.05) is 0 Å². The van der Waals surface area contributed by atoms with Gasteiger partial charge in [-0.15, -0.1) is 11.8 Å². The minimum atomic E-state index is -1.33. The highest BCUT2D eigenvalue weighted by atomic mass is 32.2. The Kier molecular flexibility index (Phi) is 4.82. The Morgan fingerprint density at radius 1 is 1.00 bits per heavy atom. The van der Waals surface area contributed by atoms with Gasteiger partial charge in [-0.1, -0.05) is 12.2 Å². The van der Waals surface area contributed by atoms with Crippen molar-refractivity contribution in [2.45, 2.75) is 6.42 Å². The summed E-state index contributed by atoms with van der Waals surface area (Å²) < 4.78 is 4.96. The molecule has 2 bridgehead atoms. The van der Waals surface area contributed by atoms with Crippen molar-refractivity contribution in [2.24, 2.45) is 0 Å². The smallest absolute Gasteiger partial charge is 0.412 e. The first kappa shape index (κ1) is 16.7. The summed E-state index contributed by atoms with van der Waals surface area (Å²) >= 11 is 1.03. The van der Waals surface area contributed by atoms with Crippen LogP contribution in [0, 0.1) is 0 Å². The number of carbonyl (C=O) groups excluding carboxylic acids is 4. The van der Waals surface area contributed by atoms with Crippen molar-refractivity contribution >= 4 is 35.6 Å². The van der Waals surface area contributed by atoms with Crippen LogP contribution in [0.1, 0.15) is 6.42 Å². The summed E-state index contributed by atoms with van der Waals surface area (Å²) in [5, 5.41) is 9.14. The highest BCUT2D eigenvalue weighted by Crippen LogP contribution is 2.26. The minimum absolute atomic E-state index is 0.199. The molecule has 25 heavy (non-hydrogen) atoms. The summed E-state index contributed by atoms with van der Waals surface area (Å²) in [4.78, 5) is 56.3. The van der Waals surface area contributed by atoms with Crippen LogP contribution in [-0.2, 0) is 38.7 Å². The molecule has 1 aliphatic carbocycles. The normalized spacial score (nSPS) is 21.1. The number of carbonyl (C=O) groups is 4. The molecule has 0 atom stereocenters. The van der Waals surface area contributed by atoms with E-state index < -0.39 is 29.6 Å². The predicted octanol–water partition coefficient (Wildman–Crippen LogP) is 0.835. The molecule has 0 fully saturated rings. The molecule has 10 heteroatoms. The number of hydrogen-bond donors (Lipinski definition) is 1. The molecule has 0 saturated carbocycles. The number of amides is 1. The van der Waals surface area contributed by atoms with E-state index in [9.17, 15) is 19.2 Å². The molecule has 9 nitrogen and oxygen atoms in total. The fourth-order valence-electron chi connectivity index (χ4n) is 1.94. The molecular formula is C15H9NO8S. The number of nitrogens with one attached hydrogen (secondary N) is 1. The second-order valence-corrected chi connectivity index (χ2v) is 5.46. The lowest BCUT2D eigenvalue weighted by Gasteiger charge is -2.15. The first-order valence-corrected chi connectivity index (χ1v) is 7.75. The lowest BCUT2D eigenvalue weighted by atomic mass is 10.00. The van der Waals surface area contributed by atoms with E-state index >= 15 is 0 Å². The summed E-state index contributed by atoms with van der Waals surface area (Å²) in [6, 6.07) is 0.